The van der Waals surface area contributed by atoms with Gasteiger partial charge in [0.2, 0.25) is 15.9 Å². The maximum absolute atomic E-state index is 13.9. The van der Waals surface area contributed by atoms with E-state index < -0.39 is 15.8 Å². The van der Waals surface area contributed by atoms with Crippen molar-refractivity contribution in [2.45, 2.75) is 17.7 Å². The highest BCUT2D eigenvalue weighted by Crippen LogP contribution is 2.22. The van der Waals surface area contributed by atoms with Crippen molar-refractivity contribution in [3.05, 3.63) is 72.5 Å². The number of hydrogen-bond acceptors (Lipinski definition) is 5. The normalized spacial score (nSPS) is 15.2. The monoisotopic (exact) mass is 443 g/mol. The number of aryl methyl sites for hydroxylation is 1. The first kappa shape index (κ1) is 21.2. The molecule has 31 heavy (non-hydrogen) atoms. The first-order valence-electron chi connectivity index (χ1n) is 9.98. The number of carbonyl (C=O) groups excluding carboxylic acids is 1. The summed E-state index contributed by atoms with van der Waals surface area (Å²) in [5, 5.41) is 0. The van der Waals surface area contributed by atoms with Gasteiger partial charge in [-0.05, 0) is 12.1 Å². The van der Waals surface area contributed by atoms with Crippen LogP contribution in [0.25, 0.3) is 11.3 Å². The molecule has 1 fully saturated rings. The minimum atomic E-state index is -3.93. The zero-order valence-electron chi connectivity index (χ0n) is 16.8. The second-order valence-electron chi connectivity index (χ2n) is 7.20. The van der Waals surface area contributed by atoms with Crippen molar-refractivity contribution < 1.29 is 22.0 Å². The molecule has 0 aliphatic carbocycles. The number of aromatic nitrogens is 1. The van der Waals surface area contributed by atoms with Crippen molar-refractivity contribution in [1.82, 2.24) is 14.2 Å². The van der Waals surface area contributed by atoms with Gasteiger partial charge in [-0.15, -0.1) is 0 Å². The van der Waals surface area contributed by atoms with Crippen molar-refractivity contribution >= 4 is 15.9 Å². The third-order valence-corrected chi connectivity index (χ3v) is 7.14. The first-order chi connectivity index (χ1) is 14.9. The van der Waals surface area contributed by atoms with E-state index in [1.54, 1.807) is 11.1 Å². The molecule has 7 nitrogen and oxygen atoms in total. The lowest BCUT2D eigenvalue weighted by atomic mass is 10.2. The highest BCUT2D eigenvalue weighted by Gasteiger charge is 2.31. The molecule has 4 rings (SSSR count). The van der Waals surface area contributed by atoms with Crippen molar-refractivity contribution in [2.24, 2.45) is 0 Å². The maximum atomic E-state index is 13.9. The van der Waals surface area contributed by atoms with Crippen molar-refractivity contribution in [1.29, 1.82) is 0 Å². The van der Waals surface area contributed by atoms with E-state index in [4.69, 9.17) is 4.42 Å². The SMILES string of the molecule is O=C(CCc1ncc(-c2ccccc2)o1)N1CCN(S(=O)(=O)c2ccccc2F)CC1. The van der Waals surface area contributed by atoms with E-state index in [-0.39, 0.29) is 43.4 Å². The number of piperazine rings is 1. The molecule has 0 unspecified atom stereocenters. The van der Waals surface area contributed by atoms with E-state index in [0.29, 0.717) is 18.1 Å². The number of hydrogen-bond donors (Lipinski definition) is 0. The lowest BCUT2D eigenvalue weighted by Crippen LogP contribution is -2.50. The van der Waals surface area contributed by atoms with Gasteiger partial charge in [-0.25, -0.2) is 17.8 Å². The molecule has 0 atom stereocenters. The number of benzene rings is 2. The van der Waals surface area contributed by atoms with Gasteiger partial charge < -0.3 is 9.32 Å². The predicted molar refractivity (Wildman–Crippen MR) is 112 cm³/mol. The Kier molecular flexibility index (Phi) is 6.15. The topological polar surface area (TPSA) is 83.7 Å². The highest BCUT2D eigenvalue weighted by molar-refractivity contribution is 7.89. The number of rotatable bonds is 6. The van der Waals surface area contributed by atoms with Crippen LogP contribution in [0.15, 0.2) is 70.1 Å². The number of sulfonamides is 1. The minimum absolute atomic E-state index is 0.0950. The van der Waals surface area contributed by atoms with Gasteiger partial charge in [-0.1, -0.05) is 42.5 Å². The quantitative estimate of drug-likeness (QED) is 0.585. The van der Waals surface area contributed by atoms with Crippen LogP contribution in [0.5, 0.6) is 0 Å². The third-order valence-electron chi connectivity index (χ3n) is 5.21. The Bertz CT molecular complexity index is 1160. The van der Waals surface area contributed by atoms with Crippen LogP contribution in [0.3, 0.4) is 0 Å². The minimum Gasteiger partial charge on any atom is -0.441 e. The van der Waals surface area contributed by atoms with Crippen LogP contribution >= 0.6 is 0 Å². The zero-order chi connectivity index (χ0) is 21.8. The highest BCUT2D eigenvalue weighted by atomic mass is 32.2. The summed E-state index contributed by atoms with van der Waals surface area (Å²) in [4.78, 5) is 18.1. The summed E-state index contributed by atoms with van der Waals surface area (Å²) in [5.41, 5.74) is 0.916. The molecule has 0 bridgehead atoms. The molecule has 2 heterocycles. The number of nitrogens with zero attached hydrogens (tertiary/aromatic N) is 3. The molecular weight excluding hydrogens is 421 g/mol. The van der Waals surface area contributed by atoms with E-state index >= 15 is 0 Å². The summed E-state index contributed by atoms with van der Waals surface area (Å²) in [7, 11) is -3.93. The summed E-state index contributed by atoms with van der Waals surface area (Å²) in [5.74, 6) is 0.257. The van der Waals surface area contributed by atoms with Gasteiger partial charge >= 0.3 is 0 Å². The van der Waals surface area contributed by atoms with Crippen molar-refractivity contribution in [3.8, 4) is 11.3 Å². The van der Waals surface area contributed by atoms with Gasteiger partial charge in [0.25, 0.3) is 0 Å². The van der Waals surface area contributed by atoms with Gasteiger partial charge in [0.05, 0.1) is 6.20 Å². The molecule has 1 aromatic heterocycles. The number of amides is 1. The smallest absolute Gasteiger partial charge is 0.246 e. The molecular formula is C22H22FN3O4S. The van der Waals surface area contributed by atoms with E-state index in [1.165, 1.54) is 22.5 Å². The number of halogens is 1. The Hall–Kier alpha value is -3.04. The molecule has 0 saturated carbocycles. The summed E-state index contributed by atoms with van der Waals surface area (Å²) in [6.45, 7) is 0.764. The molecule has 162 valence electrons. The molecule has 2 aromatic carbocycles. The molecule has 1 aliphatic rings. The summed E-state index contributed by atoms with van der Waals surface area (Å²) < 4.78 is 46.2. The molecule has 3 aromatic rings. The second kappa shape index (κ2) is 8.99. The van der Waals surface area contributed by atoms with Crippen LogP contribution in [-0.4, -0.2) is 54.7 Å². The molecule has 0 N–H and O–H groups in total. The van der Waals surface area contributed by atoms with Gasteiger partial charge in [-0.3, -0.25) is 4.79 Å². The van der Waals surface area contributed by atoms with Gasteiger partial charge in [0.1, 0.15) is 10.7 Å². The van der Waals surface area contributed by atoms with Gasteiger partial charge in [0.15, 0.2) is 11.7 Å². The lowest BCUT2D eigenvalue weighted by molar-refractivity contribution is -0.132. The van der Waals surface area contributed by atoms with Gasteiger partial charge in [-0.2, -0.15) is 4.31 Å². The van der Waals surface area contributed by atoms with E-state index in [1.807, 2.05) is 30.3 Å². The van der Waals surface area contributed by atoms with E-state index in [0.717, 1.165) is 11.6 Å². The summed E-state index contributed by atoms with van der Waals surface area (Å²) in [6, 6.07) is 14.9. The fourth-order valence-electron chi connectivity index (χ4n) is 3.50. The van der Waals surface area contributed by atoms with Crippen LogP contribution in [0.2, 0.25) is 0 Å². The molecule has 0 spiro atoms. The third kappa shape index (κ3) is 4.67. The van der Waals surface area contributed by atoms with Crippen LogP contribution in [-0.2, 0) is 21.2 Å². The standard InChI is InChI=1S/C22H22FN3O4S/c23-18-8-4-5-9-20(18)31(28,29)26-14-12-25(13-15-26)22(27)11-10-21-24-16-19(30-21)17-6-2-1-3-7-17/h1-9,16H,10-15H2. The molecule has 9 heteroatoms. The van der Waals surface area contributed by atoms with Crippen molar-refractivity contribution in [3.63, 3.8) is 0 Å². The fraction of sp³-hybridized carbons (Fsp3) is 0.273. The average Bonchev–Trinajstić information content (AvgIpc) is 3.27. The molecule has 1 saturated heterocycles. The number of oxazole rings is 1. The van der Waals surface area contributed by atoms with Gasteiger partial charge in [0, 0.05) is 44.6 Å². The lowest BCUT2D eigenvalue weighted by Gasteiger charge is -2.34. The second-order valence-corrected chi connectivity index (χ2v) is 9.11. The fourth-order valence-corrected chi connectivity index (χ4v) is 4.99. The predicted octanol–water partition coefficient (Wildman–Crippen LogP) is 2.95. The Morgan fingerprint density at radius 3 is 2.39 bits per heavy atom. The summed E-state index contributed by atoms with van der Waals surface area (Å²) >= 11 is 0. The molecule has 1 aliphatic heterocycles. The van der Waals surface area contributed by atoms with Crippen LogP contribution < -0.4 is 0 Å². The Balaban J connectivity index is 1.31. The van der Waals surface area contributed by atoms with Crippen LogP contribution in [0, 0.1) is 5.82 Å². The largest absolute Gasteiger partial charge is 0.441 e. The van der Waals surface area contributed by atoms with Crippen LogP contribution in [0.1, 0.15) is 12.3 Å². The Morgan fingerprint density at radius 2 is 1.68 bits per heavy atom. The zero-order valence-corrected chi connectivity index (χ0v) is 17.6. The first-order valence-corrected chi connectivity index (χ1v) is 11.4. The van der Waals surface area contributed by atoms with E-state index in [2.05, 4.69) is 4.98 Å². The molecule has 0 radical (unpaired) electrons. The van der Waals surface area contributed by atoms with Crippen molar-refractivity contribution in [2.75, 3.05) is 26.2 Å². The molecule has 1 amide bonds. The Labute approximate surface area is 180 Å². The average molecular weight is 444 g/mol. The van der Waals surface area contributed by atoms with Crippen LogP contribution in [0.4, 0.5) is 4.39 Å². The number of carbonyl (C=O) groups is 1. The Morgan fingerprint density at radius 1 is 1.00 bits per heavy atom. The maximum Gasteiger partial charge on any atom is 0.246 e. The summed E-state index contributed by atoms with van der Waals surface area (Å²) in [6.07, 6.45) is 2.22. The van der Waals surface area contributed by atoms with E-state index in [9.17, 15) is 17.6 Å².